The van der Waals surface area contributed by atoms with Gasteiger partial charge in [-0.2, -0.15) is 0 Å². The lowest BCUT2D eigenvalue weighted by molar-refractivity contribution is -0.166. The second-order valence-corrected chi connectivity index (χ2v) is 7.18. The Balaban J connectivity index is 0.00000225. The van der Waals surface area contributed by atoms with Crippen molar-refractivity contribution >= 4 is 35.6 Å². The predicted molar refractivity (Wildman–Crippen MR) is 99.1 cm³/mol. The summed E-state index contributed by atoms with van der Waals surface area (Å²) in [6.45, 7) is 7.37. The van der Waals surface area contributed by atoms with Crippen LogP contribution < -0.4 is 20.5 Å². The second kappa shape index (κ2) is 7.19. The third-order valence-electron chi connectivity index (χ3n) is 5.12. The molecule has 1 saturated carbocycles. The van der Waals surface area contributed by atoms with E-state index >= 15 is 0 Å². The van der Waals surface area contributed by atoms with Crippen molar-refractivity contribution in [3.8, 4) is 11.5 Å². The first-order valence-electron chi connectivity index (χ1n) is 8.10. The maximum atomic E-state index is 12.8. The van der Waals surface area contributed by atoms with E-state index in [1.165, 1.54) is 0 Å². The molecule has 3 rings (SSSR count). The van der Waals surface area contributed by atoms with E-state index in [1.807, 2.05) is 20.8 Å². The molecule has 25 heavy (non-hydrogen) atoms. The van der Waals surface area contributed by atoms with Crippen LogP contribution in [-0.2, 0) is 9.53 Å². The maximum absolute atomic E-state index is 12.8. The van der Waals surface area contributed by atoms with E-state index in [2.05, 4.69) is 5.32 Å². The van der Waals surface area contributed by atoms with Crippen molar-refractivity contribution in [2.24, 2.45) is 11.1 Å². The fourth-order valence-corrected chi connectivity index (χ4v) is 3.42. The molecule has 1 aliphatic carbocycles. The number of hydrogen-bond acceptors (Lipinski definition) is 5. The van der Waals surface area contributed by atoms with Gasteiger partial charge in [0, 0.05) is 30.6 Å². The van der Waals surface area contributed by atoms with Crippen LogP contribution in [0.25, 0.3) is 0 Å². The van der Waals surface area contributed by atoms with E-state index in [0.29, 0.717) is 48.5 Å². The van der Waals surface area contributed by atoms with Gasteiger partial charge in [-0.05, 0) is 6.92 Å². The minimum Gasteiger partial charge on any atom is -0.486 e. The van der Waals surface area contributed by atoms with E-state index in [4.69, 9.17) is 31.5 Å². The van der Waals surface area contributed by atoms with Crippen LogP contribution in [0.15, 0.2) is 12.1 Å². The molecule has 1 aromatic rings. The minimum atomic E-state index is -1.01. The average Bonchev–Trinajstić information content (AvgIpc) is 2.55. The van der Waals surface area contributed by atoms with Crippen LogP contribution in [0.1, 0.15) is 27.2 Å². The lowest BCUT2D eigenvalue weighted by Crippen LogP contribution is -2.74. The molecule has 1 heterocycles. The van der Waals surface area contributed by atoms with E-state index in [9.17, 15) is 4.79 Å². The van der Waals surface area contributed by atoms with E-state index in [-0.39, 0.29) is 24.4 Å². The lowest BCUT2D eigenvalue weighted by Gasteiger charge is -2.57. The number of hydrogen-bond donors (Lipinski definition) is 2. The fourth-order valence-electron chi connectivity index (χ4n) is 3.21. The number of ether oxygens (including phenoxy) is 3. The van der Waals surface area contributed by atoms with Crippen molar-refractivity contribution in [1.29, 1.82) is 0 Å². The molecule has 2 aliphatic rings. The van der Waals surface area contributed by atoms with Gasteiger partial charge in [0.15, 0.2) is 11.5 Å². The van der Waals surface area contributed by atoms with Crippen LogP contribution in [0.2, 0.25) is 5.02 Å². The Labute approximate surface area is 158 Å². The minimum absolute atomic E-state index is 0. The predicted octanol–water partition coefficient (Wildman–Crippen LogP) is 3.00. The highest BCUT2D eigenvalue weighted by atomic mass is 35.5. The summed E-state index contributed by atoms with van der Waals surface area (Å²) in [5, 5.41) is 3.22. The van der Waals surface area contributed by atoms with Crippen molar-refractivity contribution in [2.45, 2.75) is 38.8 Å². The molecule has 140 valence electrons. The third kappa shape index (κ3) is 3.28. The fraction of sp³-hybridized carbons (Fsp3) is 0.588. The third-order valence-corrected chi connectivity index (χ3v) is 5.43. The van der Waals surface area contributed by atoms with Crippen LogP contribution in [0.3, 0.4) is 0 Å². The summed E-state index contributed by atoms with van der Waals surface area (Å²) in [6, 6.07) is 3.31. The molecule has 1 fully saturated rings. The van der Waals surface area contributed by atoms with Gasteiger partial charge < -0.3 is 25.3 Å². The molecule has 2 atom stereocenters. The van der Waals surface area contributed by atoms with Gasteiger partial charge >= 0.3 is 0 Å². The monoisotopic (exact) mass is 390 g/mol. The highest BCUT2D eigenvalue weighted by molar-refractivity contribution is 6.34. The van der Waals surface area contributed by atoms with Crippen LogP contribution in [0.4, 0.5) is 5.69 Å². The SMILES string of the molecule is CCOC1CC(N)(C(=O)Nc2cc3c(cc2Cl)OCCO3)C1(C)C.Cl. The first kappa shape index (κ1) is 20.1. The standard InChI is InChI=1S/C17H23ClN2O4.ClH/c1-4-22-14-9-17(19,16(14,2)3)15(21)20-11-8-13-12(7-10(11)18)23-5-6-24-13;/h7-8,14H,4-6,9,19H2,1-3H3,(H,20,21);1H. The Bertz CT molecular complexity index is 668. The molecule has 0 spiro atoms. The van der Waals surface area contributed by atoms with Crippen LogP contribution in [0.5, 0.6) is 11.5 Å². The quantitative estimate of drug-likeness (QED) is 0.825. The second-order valence-electron chi connectivity index (χ2n) is 6.77. The average molecular weight is 391 g/mol. The van der Waals surface area contributed by atoms with Crippen LogP contribution >= 0.6 is 24.0 Å². The Kier molecular flexibility index (Phi) is 5.78. The first-order chi connectivity index (χ1) is 11.3. The lowest BCUT2D eigenvalue weighted by atomic mass is 9.54. The van der Waals surface area contributed by atoms with Crippen molar-refractivity contribution in [2.75, 3.05) is 25.1 Å². The summed E-state index contributed by atoms with van der Waals surface area (Å²) in [4.78, 5) is 12.8. The van der Waals surface area contributed by atoms with Gasteiger partial charge in [-0.3, -0.25) is 4.79 Å². The van der Waals surface area contributed by atoms with E-state index in [1.54, 1.807) is 12.1 Å². The summed E-state index contributed by atoms with van der Waals surface area (Å²) in [5.74, 6) is 0.862. The number of rotatable bonds is 4. The molecule has 3 N–H and O–H groups in total. The van der Waals surface area contributed by atoms with Gasteiger partial charge in [0.2, 0.25) is 5.91 Å². The van der Waals surface area contributed by atoms with Crippen molar-refractivity contribution < 1.29 is 19.0 Å². The highest BCUT2D eigenvalue weighted by Crippen LogP contribution is 2.50. The topological polar surface area (TPSA) is 82.8 Å². The molecule has 0 radical (unpaired) electrons. The summed E-state index contributed by atoms with van der Waals surface area (Å²) in [6.07, 6.45) is 0.441. The van der Waals surface area contributed by atoms with Gasteiger partial charge in [-0.1, -0.05) is 25.4 Å². The van der Waals surface area contributed by atoms with Crippen molar-refractivity contribution in [3.63, 3.8) is 0 Å². The Morgan fingerprint density at radius 1 is 1.36 bits per heavy atom. The summed E-state index contributed by atoms with van der Waals surface area (Å²) < 4.78 is 16.7. The molecule has 8 heteroatoms. The van der Waals surface area contributed by atoms with E-state index < -0.39 is 11.0 Å². The number of carbonyl (C=O) groups excluding carboxylic acids is 1. The number of benzene rings is 1. The van der Waals surface area contributed by atoms with Crippen LogP contribution in [-0.4, -0.2) is 37.4 Å². The van der Waals surface area contributed by atoms with Gasteiger partial charge in [0.1, 0.15) is 18.8 Å². The highest BCUT2D eigenvalue weighted by Gasteiger charge is 2.62. The van der Waals surface area contributed by atoms with Gasteiger partial charge in [0.05, 0.1) is 16.8 Å². The maximum Gasteiger partial charge on any atom is 0.245 e. The molecule has 0 bridgehead atoms. The number of fused-ring (bicyclic) bond motifs is 1. The summed E-state index contributed by atoms with van der Waals surface area (Å²) >= 11 is 6.25. The molecule has 1 amide bonds. The summed E-state index contributed by atoms with van der Waals surface area (Å²) in [7, 11) is 0. The van der Waals surface area contributed by atoms with Gasteiger partial charge in [-0.15, -0.1) is 12.4 Å². The number of amides is 1. The number of halogens is 2. The molecule has 0 saturated heterocycles. The number of nitrogens with one attached hydrogen (secondary N) is 1. The normalized spacial score (nSPS) is 26.2. The Hall–Kier alpha value is -1.21. The molecular formula is C17H24Cl2N2O4. The van der Waals surface area contributed by atoms with Crippen molar-refractivity contribution in [3.05, 3.63) is 17.2 Å². The molecule has 1 aromatic carbocycles. The summed E-state index contributed by atoms with van der Waals surface area (Å²) in [5.41, 5.74) is 5.38. The smallest absolute Gasteiger partial charge is 0.245 e. The molecule has 6 nitrogen and oxygen atoms in total. The zero-order valence-corrected chi connectivity index (χ0v) is 16.1. The molecule has 2 unspecified atom stereocenters. The molecular weight excluding hydrogens is 367 g/mol. The number of anilines is 1. The van der Waals surface area contributed by atoms with Gasteiger partial charge in [0.25, 0.3) is 0 Å². The Morgan fingerprint density at radius 3 is 2.52 bits per heavy atom. The number of nitrogens with two attached hydrogens (primary N) is 1. The largest absolute Gasteiger partial charge is 0.486 e. The Morgan fingerprint density at radius 2 is 1.96 bits per heavy atom. The van der Waals surface area contributed by atoms with E-state index in [0.717, 1.165) is 0 Å². The zero-order chi connectivity index (χ0) is 17.5. The van der Waals surface area contributed by atoms with Gasteiger partial charge in [-0.25, -0.2) is 0 Å². The van der Waals surface area contributed by atoms with Crippen LogP contribution in [0, 0.1) is 5.41 Å². The zero-order valence-electron chi connectivity index (χ0n) is 14.6. The first-order valence-corrected chi connectivity index (χ1v) is 8.48. The molecule has 0 aromatic heterocycles. The number of carbonyl (C=O) groups is 1. The van der Waals surface area contributed by atoms with Crippen molar-refractivity contribution in [1.82, 2.24) is 0 Å². The molecule has 1 aliphatic heterocycles.